The number of Topliss-reactive ketones (excluding diaryl/α,β-unsaturated/α-hetero) is 1. The maximum Gasteiger partial charge on any atom is 0.338 e. The van der Waals surface area contributed by atoms with E-state index in [2.05, 4.69) is 0 Å². The number of hydrogen-bond donors (Lipinski definition) is 0. The Bertz CT molecular complexity index is 367. The summed E-state index contributed by atoms with van der Waals surface area (Å²) in [6.45, 7) is 2.08. The highest BCUT2D eigenvalue weighted by Gasteiger charge is 2.07. The van der Waals surface area contributed by atoms with Crippen LogP contribution in [0.2, 0.25) is 0 Å². The number of hydrogen-bond acceptors (Lipinski definition) is 4. The molecule has 0 amide bonds. The molecule has 0 aliphatic carbocycles. The van der Waals surface area contributed by atoms with Crippen LogP contribution < -0.4 is 0 Å². The van der Waals surface area contributed by atoms with E-state index in [-0.39, 0.29) is 12.4 Å². The number of ketones is 1. The average molecular weight is 222 g/mol. The van der Waals surface area contributed by atoms with E-state index in [4.69, 9.17) is 9.47 Å². The average Bonchev–Trinajstić information content (AvgIpc) is 2.29. The molecule has 0 saturated heterocycles. The minimum Gasteiger partial charge on any atom is -0.460 e. The molecule has 0 bridgehead atoms. The first kappa shape index (κ1) is 12.4. The number of rotatable bonds is 5. The number of benzene rings is 1. The highest BCUT2D eigenvalue weighted by atomic mass is 16.6. The van der Waals surface area contributed by atoms with Gasteiger partial charge in [-0.15, -0.1) is 0 Å². The summed E-state index contributed by atoms with van der Waals surface area (Å²) in [5.41, 5.74) is 1.01. The molecule has 86 valence electrons. The van der Waals surface area contributed by atoms with Gasteiger partial charge in [0.05, 0.1) is 12.2 Å². The molecule has 0 unspecified atom stereocenters. The summed E-state index contributed by atoms with van der Waals surface area (Å²) < 4.78 is 9.68. The van der Waals surface area contributed by atoms with Gasteiger partial charge in [-0.2, -0.15) is 0 Å². The summed E-state index contributed by atoms with van der Waals surface area (Å²) in [4.78, 5) is 22.4. The lowest BCUT2D eigenvalue weighted by Crippen LogP contribution is -2.10. The van der Waals surface area contributed by atoms with Crippen molar-refractivity contribution in [2.45, 2.75) is 6.92 Å². The molecule has 0 atom stereocenters. The van der Waals surface area contributed by atoms with Crippen LogP contribution in [0.3, 0.4) is 0 Å². The van der Waals surface area contributed by atoms with E-state index in [0.717, 1.165) is 0 Å². The van der Waals surface area contributed by atoms with E-state index in [1.165, 1.54) is 14.0 Å². The van der Waals surface area contributed by atoms with Crippen molar-refractivity contribution in [1.29, 1.82) is 0 Å². The van der Waals surface area contributed by atoms with Crippen LogP contribution >= 0.6 is 0 Å². The Balaban J connectivity index is 2.59. The fraction of sp³-hybridized carbons (Fsp3) is 0.333. The summed E-state index contributed by atoms with van der Waals surface area (Å²) in [5.74, 6) is -0.438. The Morgan fingerprint density at radius 1 is 1.06 bits per heavy atom. The van der Waals surface area contributed by atoms with Gasteiger partial charge >= 0.3 is 5.97 Å². The Morgan fingerprint density at radius 2 is 1.62 bits per heavy atom. The molecular formula is C12H14O4. The van der Waals surface area contributed by atoms with Crippen LogP contribution in [0.25, 0.3) is 0 Å². The third kappa shape index (κ3) is 3.47. The lowest BCUT2D eigenvalue weighted by Gasteiger charge is -2.04. The van der Waals surface area contributed by atoms with Crippen molar-refractivity contribution in [3.63, 3.8) is 0 Å². The Labute approximate surface area is 94.2 Å². The SMILES string of the molecule is COCCOC(=O)c1ccc(C(C)=O)cc1. The summed E-state index contributed by atoms with van der Waals surface area (Å²) in [6.07, 6.45) is 0. The minimum absolute atomic E-state index is 0.0284. The lowest BCUT2D eigenvalue weighted by atomic mass is 10.1. The third-order valence-corrected chi connectivity index (χ3v) is 2.05. The molecule has 0 fully saturated rings. The third-order valence-electron chi connectivity index (χ3n) is 2.05. The van der Waals surface area contributed by atoms with Crippen LogP contribution in [0.4, 0.5) is 0 Å². The molecule has 0 heterocycles. The molecule has 1 aromatic rings. The molecule has 1 aromatic carbocycles. The van der Waals surface area contributed by atoms with Crippen LogP contribution in [0.15, 0.2) is 24.3 Å². The zero-order chi connectivity index (χ0) is 12.0. The summed E-state index contributed by atoms with van der Waals surface area (Å²) in [6, 6.07) is 6.36. The number of carbonyl (C=O) groups is 2. The van der Waals surface area contributed by atoms with Gasteiger partial charge in [0.15, 0.2) is 5.78 Å². The van der Waals surface area contributed by atoms with Crippen LogP contribution in [-0.2, 0) is 9.47 Å². The molecule has 4 nitrogen and oxygen atoms in total. The number of methoxy groups -OCH3 is 1. The quantitative estimate of drug-likeness (QED) is 0.432. The second-order valence-electron chi connectivity index (χ2n) is 3.26. The van der Waals surface area contributed by atoms with Gasteiger partial charge in [0.25, 0.3) is 0 Å². The molecule has 4 heteroatoms. The zero-order valence-corrected chi connectivity index (χ0v) is 9.36. The molecule has 0 radical (unpaired) electrons. The number of esters is 1. The van der Waals surface area contributed by atoms with Crippen LogP contribution in [0.1, 0.15) is 27.6 Å². The summed E-state index contributed by atoms with van der Waals surface area (Å²) >= 11 is 0. The van der Waals surface area contributed by atoms with Crippen molar-refractivity contribution >= 4 is 11.8 Å². The van der Waals surface area contributed by atoms with Gasteiger partial charge in [-0.25, -0.2) is 4.79 Å². The number of ether oxygens (including phenoxy) is 2. The first-order valence-electron chi connectivity index (χ1n) is 4.92. The Hall–Kier alpha value is -1.68. The van der Waals surface area contributed by atoms with Crippen molar-refractivity contribution in [1.82, 2.24) is 0 Å². The molecule has 0 spiro atoms. The molecule has 1 rings (SSSR count). The summed E-state index contributed by atoms with van der Waals surface area (Å²) in [7, 11) is 1.54. The van der Waals surface area contributed by atoms with E-state index in [9.17, 15) is 9.59 Å². The predicted molar refractivity (Wildman–Crippen MR) is 58.6 cm³/mol. The van der Waals surface area contributed by atoms with Crippen LogP contribution in [-0.4, -0.2) is 32.1 Å². The molecular weight excluding hydrogens is 208 g/mol. The van der Waals surface area contributed by atoms with Crippen molar-refractivity contribution in [2.75, 3.05) is 20.3 Å². The second-order valence-corrected chi connectivity index (χ2v) is 3.26. The van der Waals surface area contributed by atoms with Gasteiger partial charge in [-0.05, 0) is 19.1 Å². The van der Waals surface area contributed by atoms with Gasteiger partial charge < -0.3 is 9.47 Å². The molecule has 0 saturated carbocycles. The predicted octanol–water partition coefficient (Wildman–Crippen LogP) is 1.69. The maximum atomic E-state index is 11.4. The smallest absolute Gasteiger partial charge is 0.338 e. The van der Waals surface area contributed by atoms with Gasteiger partial charge in [-0.3, -0.25) is 4.79 Å². The van der Waals surface area contributed by atoms with Crippen molar-refractivity contribution in [2.24, 2.45) is 0 Å². The molecule has 0 aliphatic heterocycles. The summed E-state index contributed by atoms with van der Waals surface area (Å²) in [5, 5.41) is 0. The maximum absolute atomic E-state index is 11.4. The highest BCUT2D eigenvalue weighted by molar-refractivity contribution is 5.96. The normalized spacial score (nSPS) is 9.88. The topological polar surface area (TPSA) is 52.6 Å². The fourth-order valence-electron chi connectivity index (χ4n) is 1.14. The van der Waals surface area contributed by atoms with Gasteiger partial charge in [0.2, 0.25) is 0 Å². The van der Waals surface area contributed by atoms with Crippen LogP contribution in [0, 0.1) is 0 Å². The van der Waals surface area contributed by atoms with E-state index in [0.29, 0.717) is 17.7 Å². The van der Waals surface area contributed by atoms with Gasteiger partial charge in [-0.1, -0.05) is 12.1 Å². The largest absolute Gasteiger partial charge is 0.460 e. The minimum atomic E-state index is -0.410. The van der Waals surface area contributed by atoms with Crippen molar-refractivity contribution in [3.8, 4) is 0 Å². The molecule has 0 N–H and O–H groups in total. The van der Waals surface area contributed by atoms with E-state index in [1.54, 1.807) is 24.3 Å². The first-order valence-corrected chi connectivity index (χ1v) is 4.92. The first-order chi connectivity index (χ1) is 7.65. The number of carbonyl (C=O) groups excluding carboxylic acids is 2. The molecule has 0 aliphatic rings. The zero-order valence-electron chi connectivity index (χ0n) is 9.36. The van der Waals surface area contributed by atoms with E-state index >= 15 is 0 Å². The fourth-order valence-corrected chi connectivity index (χ4v) is 1.14. The molecule has 16 heavy (non-hydrogen) atoms. The highest BCUT2D eigenvalue weighted by Crippen LogP contribution is 2.06. The van der Waals surface area contributed by atoms with E-state index < -0.39 is 5.97 Å². The standard InChI is InChI=1S/C12H14O4/c1-9(13)10-3-5-11(6-4-10)12(14)16-8-7-15-2/h3-6H,7-8H2,1-2H3. The Morgan fingerprint density at radius 3 is 2.12 bits per heavy atom. The monoisotopic (exact) mass is 222 g/mol. The molecule has 0 aromatic heterocycles. The van der Waals surface area contributed by atoms with Gasteiger partial charge in [0.1, 0.15) is 6.61 Å². The van der Waals surface area contributed by atoms with E-state index in [1.807, 2.05) is 0 Å². The van der Waals surface area contributed by atoms with Crippen LogP contribution in [0.5, 0.6) is 0 Å². The lowest BCUT2D eigenvalue weighted by molar-refractivity contribution is 0.0388. The van der Waals surface area contributed by atoms with Gasteiger partial charge in [0, 0.05) is 12.7 Å². The second kappa shape index (κ2) is 6.02. The van der Waals surface area contributed by atoms with Crippen molar-refractivity contribution in [3.05, 3.63) is 35.4 Å². The van der Waals surface area contributed by atoms with Crippen molar-refractivity contribution < 1.29 is 19.1 Å². The Kier molecular flexibility index (Phi) is 4.66.